The Morgan fingerprint density at radius 2 is 2.10 bits per heavy atom. The van der Waals surface area contributed by atoms with Crippen molar-refractivity contribution in [1.82, 2.24) is 15.5 Å². The molecule has 1 amide bonds. The van der Waals surface area contributed by atoms with Gasteiger partial charge in [-0.15, -0.1) is 5.10 Å². The van der Waals surface area contributed by atoms with Crippen molar-refractivity contribution in [1.29, 1.82) is 0 Å². The molecule has 0 unspecified atom stereocenters. The Labute approximate surface area is 113 Å². The molecular formula is C12H12N4O4. The van der Waals surface area contributed by atoms with E-state index < -0.39 is 10.8 Å². The van der Waals surface area contributed by atoms with Crippen molar-refractivity contribution in [2.45, 2.75) is 6.42 Å². The van der Waals surface area contributed by atoms with Crippen LogP contribution in [0.3, 0.4) is 0 Å². The van der Waals surface area contributed by atoms with E-state index in [-0.39, 0.29) is 17.3 Å². The van der Waals surface area contributed by atoms with Crippen LogP contribution >= 0.6 is 0 Å². The van der Waals surface area contributed by atoms with Crippen molar-refractivity contribution in [2.24, 2.45) is 0 Å². The number of phenolic OH excluding ortho intramolecular Hbond substituents is 1. The second kappa shape index (κ2) is 5.83. The van der Waals surface area contributed by atoms with E-state index >= 15 is 0 Å². The summed E-state index contributed by atoms with van der Waals surface area (Å²) in [7, 11) is 0. The van der Waals surface area contributed by atoms with E-state index in [2.05, 4.69) is 15.5 Å². The molecule has 2 rings (SSSR count). The van der Waals surface area contributed by atoms with Crippen LogP contribution in [0.25, 0.3) is 0 Å². The quantitative estimate of drug-likeness (QED) is 0.555. The summed E-state index contributed by atoms with van der Waals surface area (Å²) >= 11 is 0. The van der Waals surface area contributed by atoms with E-state index in [0.717, 1.165) is 11.6 Å². The fourth-order valence-corrected chi connectivity index (χ4v) is 1.59. The van der Waals surface area contributed by atoms with Crippen molar-refractivity contribution < 1.29 is 14.8 Å². The summed E-state index contributed by atoms with van der Waals surface area (Å²) in [4.78, 5) is 21.5. The van der Waals surface area contributed by atoms with Crippen molar-refractivity contribution in [2.75, 3.05) is 6.54 Å². The lowest BCUT2D eigenvalue weighted by atomic mass is 10.1. The number of H-pyrrole nitrogens is 1. The molecule has 3 N–H and O–H groups in total. The molecule has 0 radical (unpaired) electrons. The number of nitrogens with one attached hydrogen (secondary N) is 2. The molecule has 0 saturated carbocycles. The Hall–Kier alpha value is -2.90. The number of phenols is 1. The first-order valence-electron chi connectivity index (χ1n) is 5.82. The van der Waals surface area contributed by atoms with E-state index in [1.165, 1.54) is 0 Å². The Balaban J connectivity index is 1.85. The van der Waals surface area contributed by atoms with Gasteiger partial charge in [0.2, 0.25) is 0 Å². The van der Waals surface area contributed by atoms with Crippen LogP contribution in [0.15, 0.2) is 30.3 Å². The third kappa shape index (κ3) is 3.31. The Morgan fingerprint density at radius 3 is 2.70 bits per heavy atom. The smallest absolute Gasteiger partial charge is 0.343 e. The fourth-order valence-electron chi connectivity index (χ4n) is 1.59. The lowest BCUT2D eigenvalue weighted by Crippen LogP contribution is -2.26. The van der Waals surface area contributed by atoms with Crippen LogP contribution < -0.4 is 5.32 Å². The third-order valence-corrected chi connectivity index (χ3v) is 2.63. The molecule has 0 aliphatic heterocycles. The number of benzene rings is 1. The van der Waals surface area contributed by atoms with E-state index in [0.29, 0.717) is 13.0 Å². The Morgan fingerprint density at radius 1 is 1.40 bits per heavy atom. The van der Waals surface area contributed by atoms with Gasteiger partial charge in [0.05, 0.1) is 6.07 Å². The number of aromatic amines is 1. The molecule has 0 aliphatic rings. The molecule has 104 valence electrons. The number of aromatic nitrogens is 2. The van der Waals surface area contributed by atoms with Crippen LogP contribution in [0.2, 0.25) is 0 Å². The first-order valence-corrected chi connectivity index (χ1v) is 5.82. The summed E-state index contributed by atoms with van der Waals surface area (Å²) in [6.45, 7) is 0.365. The molecule has 1 aromatic heterocycles. The van der Waals surface area contributed by atoms with E-state index in [4.69, 9.17) is 5.11 Å². The molecule has 0 spiro atoms. The molecule has 8 heteroatoms. The topological polar surface area (TPSA) is 121 Å². The molecule has 0 aliphatic carbocycles. The monoisotopic (exact) mass is 276 g/mol. The van der Waals surface area contributed by atoms with Crippen LogP contribution in [-0.2, 0) is 6.42 Å². The van der Waals surface area contributed by atoms with Gasteiger partial charge in [0, 0.05) is 6.54 Å². The minimum absolute atomic E-state index is 0.0255. The molecule has 0 atom stereocenters. The zero-order valence-electron chi connectivity index (χ0n) is 10.4. The first kappa shape index (κ1) is 13.5. The number of rotatable bonds is 5. The molecule has 1 aromatic carbocycles. The van der Waals surface area contributed by atoms with Gasteiger partial charge in [0.1, 0.15) is 5.75 Å². The summed E-state index contributed by atoms with van der Waals surface area (Å²) in [6.07, 6.45) is 0.582. The zero-order valence-corrected chi connectivity index (χ0v) is 10.4. The first-order chi connectivity index (χ1) is 9.56. The molecule has 20 heavy (non-hydrogen) atoms. The largest absolute Gasteiger partial charge is 0.508 e. The Bertz CT molecular complexity index is 621. The molecule has 2 aromatic rings. The van der Waals surface area contributed by atoms with Crippen molar-refractivity contribution >= 4 is 11.7 Å². The van der Waals surface area contributed by atoms with Gasteiger partial charge in [-0.2, -0.15) is 0 Å². The molecule has 0 saturated heterocycles. The number of aromatic hydroxyl groups is 1. The third-order valence-electron chi connectivity index (χ3n) is 2.63. The summed E-state index contributed by atoms with van der Waals surface area (Å²) in [5.74, 6) is -0.622. The highest BCUT2D eigenvalue weighted by Crippen LogP contribution is 2.10. The van der Waals surface area contributed by atoms with Crippen molar-refractivity contribution in [3.05, 3.63) is 51.7 Å². The van der Waals surface area contributed by atoms with E-state index in [1.807, 2.05) is 0 Å². The maximum Gasteiger partial charge on any atom is 0.343 e. The standard InChI is InChI=1S/C12H12N4O4/c17-9-3-1-8(2-4-9)5-6-13-12(18)10-7-11(15-14-10)16(19)20/h1-4,7,17H,5-6H2,(H,13,18)(H,14,15). The van der Waals surface area contributed by atoms with Gasteiger partial charge in [-0.25, -0.2) is 0 Å². The van der Waals surface area contributed by atoms with Crippen LogP contribution in [0.1, 0.15) is 16.1 Å². The van der Waals surface area contributed by atoms with Gasteiger partial charge in [-0.1, -0.05) is 17.2 Å². The number of hydrogen-bond donors (Lipinski definition) is 3. The molecule has 8 nitrogen and oxygen atoms in total. The van der Waals surface area contributed by atoms with Gasteiger partial charge >= 0.3 is 5.82 Å². The number of amides is 1. The predicted molar refractivity (Wildman–Crippen MR) is 69.4 cm³/mol. The summed E-state index contributed by atoms with van der Waals surface area (Å²) in [5, 5.41) is 27.9. The zero-order chi connectivity index (χ0) is 14.5. The number of nitro groups is 1. The number of carbonyl (C=O) groups excluding carboxylic acids is 1. The van der Waals surface area contributed by atoms with Gasteiger partial charge in [0.25, 0.3) is 5.91 Å². The SMILES string of the molecule is O=C(NCCc1ccc(O)cc1)c1cc([N+](=O)[O-])[nH]n1. The number of nitrogens with zero attached hydrogens (tertiary/aromatic N) is 2. The van der Waals surface area contributed by atoms with Crippen LogP contribution in [0.4, 0.5) is 5.82 Å². The maximum absolute atomic E-state index is 11.7. The minimum atomic E-state index is -0.653. The lowest BCUT2D eigenvalue weighted by molar-refractivity contribution is -0.389. The summed E-state index contributed by atoms with van der Waals surface area (Å²) in [6, 6.07) is 7.71. The molecular weight excluding hydrogens is 264 g/mol. The second-order valence-corrected chi connectivity index (χ2v) is 4.07. The fraction of sp³-hybridized carbons (Fsp3) is 0.167. The number of hydrogen-bond acceptors (Lipinski definition) is 5. The molecule has 1 heterocycles. The summed E-state index contributed by atoms with van der Waals surface area (Å²) in [5.41, 5.74) is 0.929. The summed E-state index contributed by atoms with van der Waals surface area (Å²) < 4.78 is 0. The second-order valence-electron chi connectivity index (χ2n) is 4.07. The average Bonchev–Trinajstić information content (AvgIpc) is 2.91. The Kier molecular flexibility index (Phi) is 3.94. The van der Waals surface area contributed by atoms with Crippen LogP contribution in [0, 0.1) is 10.1 Å². The maximum atomic E-state index is 11.7. The van der Waals surface area contributed by atoms with E-state index in [9.17, 15) is 14.9 Å². The van der Waals surface area contributed by atoms with Crippen LogP contribution in [-0.4, -0.2) is 32.7 Å². The van der Waals surface area contributed by atoms with Gasteiger partial charge in [0.15, 0.2) is 5.69 Å². The van der Waals surface area contributed by atoms with Crippen LogP contribution in [0.5, 0.6) is 5.75 Å². The predicted octanol–water partition coefficient (Wildman–Crippen LogP) is 0.996. The minimum Gasteiger partial charge on any atom is -0.508 e. The highest BCUT2D eigenvalue weighted by atomic mass is 16.6. The highest BCUT2D eigenvalue weighted by molar-refractivity contribution is 5.92. The average molecular weight is 276 g/mol. The molecule has 0 bridgehead atoms. The van der Waals surface area contributed by atoms with Crippen molar-refractivity contribution in [3.8, 4) is 5.75 Å². The van der Waals surface area contributed by atoms with E-state index in [1.54, 1.807) is 24.3 Å². The van der Waals surface area contributed by atoms with Crippen molar-refractivity contribution in [3.63, 3.8) is 0 Å². The van der Waals surface area contributed by atoms with Gasteiger partial charge in [-0.3, -0.25) is 4.79 Å². The van der Waals surface area contributed by atoms with Gasteiger partial charge < -0.3 is 20.5 Å². The lowest BCUT2D eigenvalue weighted by Gasteiger charge is -2.03. The number of carbonyl (C=O) groups is 1. The molecule has 0 fully saturated rings. The normalized spacial score (nSPS) is 10.2. The highest BCUT2D eigenvalue weighted by Gasteiger charge is 2.15. The van der Waals surface area contributed by atoms with Gasteiger partial charge in [-0.05, 0) is 29.0 Å².